The van der Waals surface area contributed by atoms with E-state index in [0.29, 0.717) is 26.4 Å². The molecule has 2 aliphatic rings. The van der Waals surface area contributed by atoms with Gasteiger partial charge in [-0.25, -0.2) is 0 Å². The molecule has 0 bridgehead atoms. The predicted octanol–water partition coefficient (Wildman–Crippen LogP) is -0.955. The van der Waals surface area contributed by atoms with Crippen molar-refractivity contribution < 1.29 is 24.1 Å². The van der Waals surface area contributed by atoms with Crippen LogP contribution in [0.1, 0.15) is 0 Å². The minimum Gasteiger partial charge on any atom is -0.389 e. The Labute approximate surface area is 133 Å². The van der Waals surface area contributed by atoms with E-state index in [9.17, 15) is 5.11 Å². The van der Waals surface area contributed by atoms with Crippen molar-refractivity contribution in [1.29, 1.82) is 0 Å². The molecule has 0 aromatic rings. The average Bonchev–Trinajstić information content (AvgIpc) is 2.56. The highest BCUT2D eigenvalue weighted by molar-refractivity contribution is 4.67. The van der Waals surface area contributed by atoms with Crippen LogP contribution in [0.3, 0.4) is 0 Å². The van der Waals surface area contributed by atoms with Gasteiger partial charge in [0, 0.05) is 39.3 Å². The van der Waals surface area contributed by atoms with Gasteiger partial charge >= 0.3 is 0 Å². The second kappa shape index (κ2) is 11.3. The normalized spacial score (nSPS) is 22.8. The summed E-state index contributed by atoms with van der Waals surface area (Å²) in [6.07, 6.45) is -0.438. The Kier molecular flexibility index (Phi) is 9.27. The van der Waals surface area contributed by atoms with Gasteiger partial charge in [-0.2, -0.15) is 0 Å². The zero-order chi connectivity index (χ0) is 15.5. The van der Waals surface area contributed by atoms with E-state index in [1.807, 2.05) is 0 Å². The summed E-state index contributed by atoms with van der Waals surface area (Å²) in [5.41, 5.74) is 0. The first-order valence-electron chi connectivity index (χ1n) is 8.28. The predicted molar refractivity (Wildman–Crippen MR) is 82.2 cm³/mol. The molecule has 2 aliphatic heterocycles. The Morgan fingerprint density at radius 3 is 2.09 bits per heavy atom. The third-order valence-electron chi connectivity index (χ3n) is 3.91. The number of rotatable bonds is 10. The first-order chi connectivity index (χ1) is 10.8. The molecular formula is C15H30N2O5. The van der Waals surface area contributed by atoms with Gasteiger partial charge in [0.25, 0.3) is 0 Å². The van der Waals surface area contributed by atoms with Gasteiger partial charge in [-0.3, -0.25) is 9.80 Å². The van der Waals surface area contributed by atoms with Gasteiger partial charge in [-0.1, -0.05) is 0 Å². The highest BCUT2D eigenvalue weighted by atomic mass is 16.5. The molecule has 1 atom stereocenters. The second-order valence-corrected chi connectivity index (χ2v) is 5.71. The van der Waals surface area contributed by atoms with Crippen LogP contribution in [0, 0.1) is 0 Å². The van der Waals surface area contributed by atoms with Gasteiger partial charge in [-0.05, 0) is 0 Å². The first kappa shape index (κ1) is 18.1. The van der Waals surface area contributed by atoms with Crippen LogP contribution in [0.5, 0.6) is 0 Å². The molecular weight excluding hydrogens is 288 g/mol. The molecule has 0 unspecified atom stereocenters. The number of aliphatic hydroxyl groups excluding tert-OH is 1. The van der Waals surface area contributed by atoms with E-state index in [4.69, 9.17) is 18.9 Å². The molecule has 0 aliphatic carbocycles. The molecule has 1 N–H and O–H groups in total. The van der Waals surface area contributed by atoms with E-state index in [0.717, 1.165) is 65.8 Å². The van der Waals surface area contributed by atoms with Crippen LogP contribution in [-0.2, 0) is 18.9 Å². The van der Waals surface area contributed by atoms with Crippen molar-refractivity contribution in [1.82, 2.24) is 9.80 Å². The van der Waals surface area contributed by atoms with Crippen molar-refractivity contribution in [2.75, 3.05) is 92.1 Å². The van der Waals surface area contributed by atoms with Gasteiger partial charge in [0.15, 0.2) is 0 Å². The van der Waals surface area contributed by atoms with E-state index < -0.39 is 6.10 Å². The summed E-state index contributed by atoms with van der Waals surface area (Å²) in [7, 11) is 0. The average molecular weight is 318 g/mol. The molecule has 22 heavy (non-hydrogen) atoms. The number of aliphatic hydroxyl groups is 1. The third-order valence-corrected chi connectivity index (χ3v) is 3.91. The van der Waals surface area contributed by atoms with Gasteiger partial charge in [0.05, 0.1) is 59.0 Å². The molecule has 7 heteroatoms. The van der Waals surface area contributed by atoms with Crippen molar-refractivity contribution in [3.05, 3.63) is 0 Å². The van der Waals surface area contributed by atoms with Crippen molar-refractivity contribution >= 4 is 0 Å². The standard InChI is InChI=1S/C15H30N2O5/c18-15(13-17-4-9-20-10-5-17)14-22-12-11-21-8-3-16-1-6-19-7-2-16/h15,18H,1-14H2/t15-/m0/s1. The SMILES string of the molecule is O[C@H](COCCOCCN1CCOCC1)CN1CCOCC1. The molecule has 130 valence electrons. The molecule has 2 heterocycles. The fraction of sp³-hybridized carbons (Fsp3) is 1.00. The maximum absolute atomic E-state index is 9.91. The monoisotopic (exact) mass is 318 g/mol. The van der Waals surface area contributed by atoms with Gasteiger partial charge in [0.1, 0.15) is 0 Å². The first-order valence-corrected chi connectivity index (χ1v) is 8.28. The third kappa shape index (κ3) is 7.82. The lowest BCUT2D eigenvalue weighted by Crippen LogP contribution is -2.42. The Morgan fingerprint density at radius 1 is 0.818 bits per heavy atom. The number of ether oxygens (including phenoxy) is 4. The van der Waals surface area contributed by atoms with Crippen LogP contribution >= 0.6 is 0 Å². The summed E-state index contributed by atoms with van der Waals surface area (Å²) in [6, 6.07) is 0. The highest BCUT2D eigenvalue weighted by Crippen LogP contribution is 1.99. The zero-order valence-corrected chi connectivity index (χ0v) is 13.5. The number of hydrogen-bond acceptors (Lipinski definition) is 7. The van der Waals surface area contributed by atoms with E-state index in [1.165, 1.54) is 0 Å². The fourth-order valence-electron chi connectivity index (χ4n) is 2.59. The lowest BCUT2D eigenvalue weighted by molar-refractivity contribution is -0.0287. The summed E-state index contributed by atoms with van der Waals surface area (Å²) in [5, 5.41) is 9.91. The number of hydrogen-bond donors (Lipinski definition) is 1. The van der Waals surface area contributed by atoms with Crippen molar-refractivity contribution in [2.24, 2.45) is 0 Å². The number of nitrogens with zero attached hydrogens (tertiary/aromatic N) is 2. The molecule has 2 saturated heterocycles. The Hall–Kier alpha value is -0.280. The smallest absolute Gasteiger partial charge is 0.0900 e. The largest absolute Gasteiger partial charge is 0.389 e. The Bertz CT molecular complexity index is 271. The van der Waals surface area contributed by atoms with E-state index >= 15 is 0 Å². The summed E-state index contributed by atoms with van der Waals surface area (Å²) in [4.78, 5) is 4.55. The number of morpholine rings is 2. The minimum atomic E-state index is -0.438. The molecule has 0 aromatic heterocycles. The lowest BCUT2D eigenvalue weighted by atomic mass is 10.3. The Balaban J connectivity index is 1.37. The summed E-state index contributed by atoms with van der Waals surface area (Å²) in [5.74, 6) is 0. The van der Waals surface area contributed by atoms with Crippen molar-refractivity contribution in [3.8, 4) is 0 Å². The zero-order valence-electron chi connectivity index (χ0n) is 13.5. The second-order valence-electron chi connectivity index (χ2n) is 5.71. The van der Waals surface area contributed by atoms with Crippen molar-refractivity contribution in [3.63, 3.8) is 0 Å². The van der Waals surface area contributed by atoms with Crippen molar-refractivity contribution in [2.45, 2.75) is 6.10 Å². The molecule has 0 amide bonds. The van der Waals surface area contributed by atoms with Gasteiger partial charge < -0.3 is 24.1 Å². The minimum absolute atomic E-state index is 0.365. The van der Waals surface area contributed by atoms with Crippen LogP contribution in [0.4, 0.5) is 0 Å². The lowest BCUT2D eigenvalue weighted by Gasteiger charge is -2.28. The topological polar surface area (TPSA) is 63.6 Å². The molecule has 0 spiro atoms. The van der Waals surface area contributed by atoms with E-state index in [1.54, 1.807) is 0 Å². The van der Waals surface area contributed by atoms with E-state index in [2.05, 4.69) is 9.80 Å². The summed E-state index contributed by atoms with van der Waals surface area (Å²) < 4.78 is 21.6. The highest BCUT2D eigenvalue weighted by Gasteiger charge is 2.14. The quantitative estimate of drug-likeness (QED) is 0.521. The summed E-state index contributed by atoms with van der Waals surface area (Å²) >= 11 is 0. The molecule has 0 radical (unpaired) electrons. The van der Waals surface area contributed by atoms with Crippen LogP contribution in [0.2, 0.25) is 0 Å². The van der Waals surface area contributed by atoms with Gasteiger partial charge in [-0.15, -0.1) is 0 Å². The van der Waals surface area contributed by atoms with Gasteiger partial charge in [0.2, 0.25) is 0 Å². The Morgan fingerprint density at radius 2 is 1.41 bits per heavy atom. The molecule has 0 aromatic carbocycles. The molecule has 2 rings (SSSR count). The summed E-state index contributed by atoms with van der Waals surface area (Å²) in [6.45, 7) is 10.7. The number of β-amino-alcohol motifs (C(OH)–C–C–N with tert-alkyl or cyclic N) is 1. The van der Waals surface area contributed by atoms with Crippen LogP contribution in [0.15, 0.2) is 0 Å². The molecule has 0 saturated carbocycles. The van der Waals surface area contributed by atoms with Crippen LogP contribution < -0.4 is 0 Å². The van der Waals surface area contributed by atoms with E-state index in [-0.39, 0.29) is 0 Å². The fourth-order valence-corrected chi connectivity index (χ4v) is 2.59. The maximum atomic E-state index is 9.91. The molecule has 7 nitrogen and oxygen atoms in total. The van der Waals surface area contributed by atoms with Crippen LogP contribution in [0.25, 0.3) is 0 Å². The molecule has 2 fully saturated rings. The van der Waals surface area contributed by atoms with Crippen LogP contribution in [-0.4, -0.2) is 113 Å². The maximum Gasteiger partial charge on any atom is 0.0900 e.